The largest absolute Gasteiger partial charge is 0.454 e. The zero-order valence-corrected chi connectivity index (χ0v) is 14.1. The van der Waals surface area contributed by atoms with E-state index in [0.717, 1.165) is 43.1 Å². The number of aryl methyl sites for hydroxylation is 1. The van der Waals surface area contributed by atoms with E-state index in [1.165, 1.54) is 0 Å². The Kier molecular flexibility index (Phi) is 4.13. The highest BCUT2D eigenvalue weighted by molar-refractivity contribution is 5.93. The highest BCUT2D eigenvalue weighted by Crippen LogP contribution is 2.34. The smallest absolute Gasteiger partial charge is 0.231 e. The van der Waals surface area contributed by atoms with Crippen LogP contribution in [-0.4, -0.2) is 36.0 Å². The molecule has 0 aliphatic carbocycles. The summed E-state index contributed by atoms with van der Waals surface area (Å²) in [6.45, 7) is 3.75. The Hall–Kier alpha value is -2.83. The van der Waals surface area contributed by atoms with Crippen LogP contribution in [0.25, 0.3) is 0 Å². The molecular formula is C18H20N4O3. The molecule has 1 N–H and O–H groups in total. The number of nitrogens with one attached hydrogen (secondary N) is 1. The summed E-state index contributed by atoms with van der Waals surface area (Å²) in [5, 5.41) is 11.3. The standard InChI is InChI=1S/C18H20N4O3/c1-12-2-5-17(21-20-12)22-8-6-13(7-9-22)18(23)19-14-3-4-15-16(10-14)25-11-24-15/h2-5,10,13H,6-9,11H2,1H3,(H,19,23). The molecule has 0 saturated carbocycles. The van der Waals surface area contributed by atoms with Gasteiger partial charge in [0.1, 0.15) is 0 Å². The van der Waals surface area contributed by atoms with Crippen molar-refractivity contribution < 1.29 is 14.3 Å². The number of anilines is 2. The third-order valence-electron chi connectivity index (χ3n) is 4.61. The molecule has 2 aromatic rings. The van der Waals surface area contributed by atoms with Crippen LogP contribution in [0.2, 0.25) is 0 Å². The van der Waals surface area contributed by atoms with Crippen molar-refractivity contribution in [2.45, 2.75) is 19.8 Å². The molecule has 0 bridgehead atoms. The average Bonchev–Trinajstić information content (AvgIpc) is 3.10. The minimum atomic E-state index is 0.0000745. The predicted molar refractivity (Wildman–Crippen MR) is 92.9 cm³/mol. The van der Waals surface area contributed by atoms with Crippen LogP contribution < -0.4 is 19.7 Å². The first-order valence-electron chi connectivity index (χ1n) is 8.45. The van der Waals surface area contributed by atoms with Crippen LogP contribution in [0.3, 0.4) is 0 Å². The van der Waals surface area contributed by atoms with E-state index < -0.39 is 0 Å². The Bertz CT molecular complexity index is 770. The summed E-state index contributed by atoms with van der Waals surface area (Å²) in [6, 6.07) is 9.40. The first kappa shape index (κ1) is 15.7. The number of rotatable bonds is 3. The lowest BCUT2D eigenvalue weighted by Gasteiger charge is -2.31. The number of ether oxygens (including phenoxy) is 2. The molecule has 25 heavy (non-hydrogen) atoms. The highest BCUT2D eigenvalue weighted by Gasteiger charge is 2.26. The van der Waals surface area contributed by atoms with Crippen LogP contribution in [0, 0.1) is 12.8 Å². The Balaban J connectivity index is 1.34. The Morgan fingerprint density at radius 2 is 1.92 bits per heavy atom. The molecule has 0 unspecified atom stereocenters. The number of fused-ring (bicyclic) bond motifs is 1. The average molecular weight is 340 g/mol. The van der Waals surface area contributed by atoms with Crippen molar-refractivity contribution in [2.24, 2.45) is 5.92 Å². The molecule has 1 saturated heterocycles. The maximum atomic E-state index is 12.5. The molecule has 2 aliphatic heterocycles. The van der Waals surface area contributed by atoms with Crippen LogP contribution in [-0.2, 0) is 4.79 Å². The van der Waals surface area contributed by atoms with Gasteiger partial charge in [-0.2, -0.15) is 5.10 Å². The van der Waals surface area contributed by atoms with Crippen LogP contribution in [0.5, 0.6) is 11.5 Å². The lowest BCUT2D eigenvalue weighted by Crippen LogP contribution is -2.38. The number of hydrogen-bond acceptors (Lipinski definition) is 6. The molecule has 2 aliphatic rings. The van der Waals surface area contributed by atoms with Gasteiger partial charge in [0.05, 0.1) is 5.69 Å². The van der Waals surface area contributed by atoms with E-state index in [0.29, 0.717) is 11.5 Å². The second kappa shape index (κ2) is 6.58. The normalized spacial score (nSPS) is 16.8. The van der Waals surface area contributed by atoms with Crippen LogP contribution in [0.15, 0.2) is 30.3 Å². The van der Waals surface area contributed by atoms with Gasteiger partial charge < -0.3 is 19.7 Å². The first-order valence-corrected chi connectivity index (χ1v) is 8.45. The molecule has 1 amide bonds. The van der Waals surface area contributed by atoms with Crippen molar-refractivity contribution in [1.29, 1.82) is 0 Å². The number of aromatic nitrogens is 2. The van der Waals surface area contributed by atoms with Gasteiger partial charge in [-0.25, -0.2) is 0 Å². The molecule has 0 radical (unpaired) electrons. The summed E-state index contributed by atoms with van der Waals surface area (Å²) in [7, 11) is 0. The maximum Gasteiger partial charge on any atom is 0.231 e. The third kappa shape index (κ3) is 3.35. The van der Waals surface area contributed by atoms with E-state index >= 15 is 0 Å². The van der Waals surface area contributed by atoms with Gasteiger partial charge >= 0.3 is 0 Å². The van der Waals surface area contributed by atoms with Gasteiger partial charge in [-0.3, -0.25) is 4.79 Å². The summed E-state index contributed by atoms with van der Waals surface area (Å²) < 4.78 is 10.6. The van der Waals surface area contributed by atoms with E-state index in [2.05, 4.69) is 20.4 Å². The van der Waals surface area contributed by atoms with Gasteiger partial charge in [0.25, 0.3) is 0 Å². The molecule has 1 aromatic heterocycles. The molecule has 4 rings (SSSR count). The second-order valence-electron chi connectivity index (χ2n) is 6.35. The van der Waals surface area contributed by atoms with Crippen molar-refractivity contribution in [2.75, 3.05) is 30.1 Å². The quantitative estimate of drug-likeness (QED) is 0.924. The summed E-state index contributed by atoms with van der Waals surface area (Å²) >= 11 is 0. The molecule has 1 fully saturated rings. The van der Waals surface area contributed by atoms with E-state index in [-0.39, 0.29) is 18.6 Å². The second-order valence-corrected chi connectivity index (χ2v) is 6.35. The lowest BCUT2D eigenvalue weighted by molar-refractivity contribution is -0.120. The van der Waals surface area contributed by atoms with Crippen molar-refractivity contribution in [1.82, 2.24) is 10.2 Å². The predicted octanol–water partition coefficient (Wildman–Crippen LogP) is 2.37. The molecule has 7 nitrogen and oxygen atoms in total. The minimum Gasteiger partial charge on any atom is -0.454 e. The number of amides is 1. The summed E-state index contributed by atoms with van der Waals surface area (Å²) in [4.78, 5) is 14.7. The number of piperidine rings is 1. The summed E-state index contributed by atoms with van der Waals surface area (Å²) in [5.74, 6) is 2.31. The monoisotopic (exact) mass is 340 g/mol. The van der Waals surface area contributed by atoms with Gasteiger partial charge in [0.15, 0.2) is 17.3 Å². The molecule has 7 heteroatoms. The van der Waals surface area contributed by atoms with Crippen molar-refractivity contribution in [3.63, 3.8) is 0 Å². The summed E-state index contributed by atoms with van der Waals surface area (Å²) in [5.41, 5.74) is 1.64. The van der Waals surface area contributed by atoms with Crippen LogP contribution in [0.4, 0.5) is 11.5 Å². The van der Waals surface area contributed by atoms with Gasteiger partial charge in [-0.15, -0.1) is 5.10 Å². The molecule has 130 valence electrons. The first-order chi connectivity index (χ1) is 12.2. The number of nitrogens with zero attached hydrogens (tertiary/aromatic N) is 3. The fourth-order valence-electron chi connectivity index (χ4n) is 3.15. The Morgan fingerprint density at radius 3 is 2.68 bits per heavy atom. The van der Waals surface area contributed by atoms with Crippen molar-refractivity contribution in [3.05, 3.63) is 36.0 Å². The zero-order valence-electron chi connectivity index (χ0n) is 14.1. The van der Waals surface area contributed by atoms with Gasteiger partial charge in [0, 0.05) is 30.8 Å². The fraction of sp³-hybridized carbons (Fsp3) is 0.389. The minimum absolute atomic E-state index is 0.0000745. The Morgan fingerprint density at radius 1 is 1.12 bits per heavy atom. The number of benzene rings is 1. The van der Waals surface area contributed by atoms with E-state index in [4.69, 9.17) is 9.47 Å². The molecule has 3 heterocycles. The maximum absolute atomic E-state index is 12.5. The van der Waals surface area contributed by atoms with E-state index in [1.807, 2.05) is 31.2 Å². The van der Waals surface area contributed by atoms with Gasteiger partial charge in [-0.05, 0) is 44.0 Å². The van der Waals surface area contributed by atoms with Crippen LogP contribution >= 0.6 is 0 Å². The summed E-state index contributed by atoms with van der Waals surface area (Å²) in [6.07, 6.45) is 1.60. The van der Waals surface area contributed by atoms with E-state index in [1.54, 1.807) is 6.07 Å². The van der Waals surface area contributed by atoms with Crippen molar-refractivity contribution >= 4 is 17.4 Å². The Labute approximate surface area is 146 Å². The molecule has 0 spiro atoms. The number of carbonyl (C=O) groups is 1. The number of hydrogen-bond donors (Lipinski definition) is 1. The number of carbonyl (C=O) groups excluding carboxylic acids is 1. The molecule has 0 atom stereocenters. The topological polar surface area (TPSA) is 76.6 Å². The van der Waals surface area contributed by atoms with Gasteiger partial charge in [0.2, 0.25) is 12.7 Å². The van der Waals surface area contributed by atoms with E-state index in [9.17, 15) is 4.79 Å². The van der Waals surface area contributed by atoms with Crippen LogP contribution in [0.1, 0.15) is 18.5 Å². The lowest BCUT2D eigenvalue weighted by atomic mass is 9.96. The zero-order chi connectivity index (χ0) is 17.2. The molecule has 1 aromatic carbocycles. The highest BCUT2D eigenvalue weighted by atomic mass is 16.7. The third-order valence-corrected chi connectivity index (χ3v) is 4.61. The fourth-order valence-corrected chi connectivity index (χ4v) is 3.15. The molecular weight excluding hydrogens is 320 g/mol. The van der Waals surface area contributed by atoms with Crippen molar-refractivity contribution in [3.8, 4) is 11.5 Å². The SMILES string of the molecule is Cc1ccc(N2CCC(C(=O)Nc3ccc4c(c3)OCO4)CC2)nn1. The van der Waals surface area contributed by atoms with Gasteiger partial charge in [-0.1, -0.05) is 0 Å².